The van der Waals surface area contributed by atoms with Gasteiger partial charge in [-0.2, -0.15) is 0 Å². The van der Waals surface area contributed by atoms with Crippen molar-refractivity contribution < 1.29 is 9.90 Å². The minimum Gasteiger partial charge on any atom is -0.480 e. The Kier molecular flexibility index (Phi) is 6.06. The molecule has 2 N–H and O–H groups in total. The summed E-state index contributed by atoms with van der Waals surface area (Å²) in [5, 5.41) is 12.4. The number of carboxylic acid groups (broad SMARTS) is 1. The van der Waals surface area contributed by atoms with Crippen LogP contribution in [0.5, 0.6) is 0 Å². The Bertz CT molecular complexity index is 287. The van der Waals surface area contributed by atoms with Gasteiger partial charge in [-0.15, -0.1) is 11.8 Å². The molecule has 0 amide bonds. The lowest BCUT2D eigenvalue weighted by Gasteiger charge is -2.16. The topological polar surface area (TPSA) is 49.3 Å². The first kappa shape index (κ1) is 14.6. The Morgan fingerprint density at radius 3 is 2.82 bits per heavy atom. The van der Waals surface area contributed by atoms with Crippen molar-refractivity contribution in [3.05, 3.63) is 11.6 Å². The Hall–Kier alpha value is -0.480. The number of hydrogen-bond acceptors (Lipinski definition) is 3. The van der Waals surface area contributed by atoms with Crippen LogP contribution in [0, 0.1) is 5.92 Å². The quantitative estimate of drug-likeness (QED) is 0.718. The molecule has 3 atom stereocenters. The molecule has 0 radical (unpaired) electrons. The summed E-state index contributed by atoms with van der Waals surface area (Å²) in [4.78, 5) is 10.8. The van der Waals surface area contributed by atoms with Gasteiger partial charge in [0.15, 0.2) is 0 Å². The molecular weight excluding hydrogens is 234 g/mol. The third kappa shape index (κ3) is 5.59. The zero-order chi connectivity index (χ0) is 12.8. The fourth-order valence-corrected chi connectivity index (χ4v) is 3.34. The largest absolute Gasteiger partial charge is 0.480 e. The lowest BCUT2D eigenvalue weighted by Crippen LogP contribution is -2.37. The number of nitrogens with one attached hydrogen (secondary N) is 1. The molecule has 0 bridgehead atoms. The second kappa shape index (κ2) is 7.07. The van der Waals surface area contributed by atoms with Gasteiger partial charge in [0.25, 0.3) is 0 Å². The molecule has 0 aliphatic carbocycles. The number of rotatable bonds is 6. The van der Waals surface area contributed by atoms with E-state index in [1.165, 1.54) is 12.0 Å². The lowest BCUT2D eigenvalue weighted by atomic mass is 10.0. The molecule has 3 nitrogen and oxygen atoms in total. The van der Waals surface area contributed by atoms with Crippen molar-refractivity contribution in [1.82, 2.24) is 5.32 Å². The molecular formula is C13H23NO2S. The molecule has 1 aliphatic rings. The van der Waals surface area contributed by atoms with Gasteiger partial charge in [0.2, 0.25) is 0 Å². The first-order chi connectivity index (χ1) is 7.99. The highest BCUT2D eigenvalue weighted by Gasteiger charge is 2.29. The molecule has 98 valence electrons. The first-order valence-electron chi connectivity index (χ1n) is 6.23. The maximum Gasteiger partial charge on any atom is 0.321 e. The van der Waals surface area contributed by atoms with Crippen molar-refractivity contribution in [2.45, 2.75) is 51.4 Å². The number of aliphatic carboxylic acids is 1. The summed E-state index contributed by atoms with van der Waals surface area (Å²) in [5.41, 5.74) is 1.37. The average molecular weight is 257 g/mol. The molecule has 1 fully saturated rings. The van der Waals surface area contributed by atoms with Crippen LogP contribution in [-0.2, 0) is 4.79 Å². The van der Waals surface area contributed by atoms with Gasteiger partial charge in [-0.25, -0.2) is 0 Å². The fourth-order valence-electron chi connectivity index (χ4n) is 1.95. The van der Waals surface area contributed by atoms with Crippen molar-refractivity contribution in [3.63, 3.8) is 0 Å². The number of hydrogen-bond donors (Lipinski definition) is 2. The summed E-state index contributed by atoms with van der Waals surface area (Å²) in [6.07, 6.45) is 5.64. The van der Waals surface area contributed by atoms with Gasteiger partial charge in [-0.3, -0.25) is 10.1 Å². The van der Waals surface area contributed by atoms with Crippen LogP contribution in [0.3, 0.4) is 0 Å². The fraction of sp³-hybridized carbons (Fsp3) is 0.769. The van der Waals surface area contributed by atoms with Gasteiger partial charge in [-0.1, -0.05) is 18.6 Å². The number of thioether (sulfide) groups is 1. The van der Waals surface area contributed by atoms with Gasteiger partial charge in [0.1, 0.15) is 6.04 Å². The Balaban J connectivity index is 2.21. The van der Waals surface area contributed by atoms with E-state index < -0.39 is 5.97 Å². The number of carboxylic acids is 1. The van der Waals surface area contributed by atoms with Crippen LogP contribution in [0.15, 0.2) is 11.6 Å². The summed E-state index contributed by atoms with van der Waals surface area (Å²) >= 11 is 1.74. The van der Waals surface area contributed by atoms with Crippen molar-refractivity contribution >= 4 is 17.7 Å². The van der Waals surface area contributed by atoms with Crippen LogP contribution in [0.4, 0.5) is 0 Å². The maximum absolute atomic E-state index is 10.8. The molecule has 0 spiro atoms. The Labute approximate surface area is 108 Å². The van der Waals surface area contributed by atoms with Crippen LogP contribution >= 0.6 is 11.8 Å². The van der Waals surface area contributed by atoms with E-state index in [4.69, 9.17) is 5.11 Å². The second-order valence-corrected chi connectivity index (χ2v) is 6.31. The molecule has 3 unspecified atom stereocenters. The molecule has 1 rings (SSSR count). The van der Waals surface area contributed by atoms with Crippen LogP contribution in [0.1, 0.15) is 40.0 Å². The zero-order valence-electron chi connectivity index (χ0n) is 10.9. The highest BCUT2D eigenvalue weighted by molar-refractivity contribution is 8.00. The van der Waals surface area contributed by atoms with Crippen LogP contribution in [-0.4, -0.2) is 28.2 Å². The van der Waals surface area contributed by atoms with Crippen molar-refractivity contribution in [2.75, 3.05) is 5.75 Å². The van der Waals surface area contributed by atoms with Gasteiger partial charge < -0.3 is 5.11 Å². The van der Waals surface area contributed by atoms with Crippen molar-refractivity contribution in [1.29, 1.82) is 0 Å². The summed E-state index contributed by atoms with van der Waals surface area (Å²) in [6.45, 7) is 6.49. The Morgan fingerprint density at radius 1 is 1.59 bits per heavy atom. The van der Waals surface area contributed by atoms with Gasteiger partial charge in [0.05, 0.1) is 5.37 Å². The zero-order valence-corrected chi connectivity index (χ0v) is 11.7. The summed E-state index contributed by atoms with van der Waals surface area (Å²) in [6, 6.07) is -0.352. The van der Waals surface area contributed by atoms with Crippen LogP contribution in [0.2, 0.25) is 0 Å². The minimum atomic E-state index is -0.725. The van der Waals surface area contributed by atoms with Crippen LogP contribution in [0.25, 0.3) is 0 Å². The van der Waals surface area contributed by atoms with E-state index in [0.29, 0.717) is 17.0 Å². The Morgan fingerprint density at radius 2 is 2.29 bits per heavy atom. The predicted molar refractivity (Wildman–Crippen MR) is 73.3 cm³/mol. The van der Waals surface area contributed by atoms with Gasteiger partial charge >= 0.3 is 5.97 Å². The van der Waals surface area contributed by atoms with E-state index >= 15 is 0 Å². The van der Waals surface area contributed by atoms with E-state index in [0.717, 1.165) is 12.8 Å². The van der Waals surface area contributed by atoms with Gasteiger partial charge in [-0.05, 0) is 39.0 Å². The molecule has 0 aromatic heterocycles. The summed E-state index contributed by atoms with van der Waals surface area (Å²) < 4.78 is 0. The molecule has 1 heterocycles. The molecule has 1 aliphatic heterocycles. The van der Waals surface area contributed by atoms with Gasteiger partial charge in [0, 0.05) is 5.75 Å². The molecule has 0 aromatic rings. The summed E-state index contributed by atoms with van der Waals surface area (Å²) in [7, 11) is 0. The molecule has 0 aromatic carbocycles. The van der Waals surface area contributed by atoms with E-state index in [1.807, 2.05) is 0 Å². The number of carbonyl (C=O) groups is 1. The smallest absolute Gasteiger partial charge is 0.321 e. The SMILES string of the molecule is CC(C)=CCCC(C)CC1NC(C(=O)O)CS1. The van der Waals surface area contributed by atoms with Crippen molar-refractivity contribution in [3.8, 4) is 0 Å². The molecule has 0 saturated carbocycles. The van der Waals surface area contributed by atoms with Crippen molar-refractivity contribution in [2.24, 2.45) is 5.92 Å². The minimum absolute atomic E-state index is 0.317. The monoisotopic (exact) mass is 257 g/mol. The number of allylic oxidation sites excluding steroid dienone is 2. The van der Waals surface area contributed by atoms with E-state index in [1.54, 1.807) is 11.8 Å². The van der Waals surface area contributed by atoms with Crippen LogP contribution < -0.4 is 5.32 Å². The normalized spacial score (nSPS) is 25.6. The summed E-state index contributed by atoms with van der Waals surface area (Å²) in [5.74, 6) is 0.612. The maximum atomic E-state index is 10.8. The molecule has 1 saturated heterocycles. The lowest BCUT2D eigenvalue weighted by molar-refractivity contribution is -0.138. The molecule has 4 heteroatoms. The first-order valence-corrected chi connectivity index (χ1v) is 7.27. The van der Waals surface area contributed by atoms with E-state index in [-0.39, 0.29) is 6.04 Å². The highest BCUT2D eigenvalue weighted by Crippen LogP contribution is 2.26. The second-order valence-electron chi connectivity index (χ2n) is 5.08. The molecule has 17 heavy (non-hydrogen) atoms. The standard InChI is InChI=1S/C13H23NO2S/c1-9(2)5-4-6-10(3)7-12-14-11(8-17-12)13(15)16/h5,10-12,14H,4,6-8H2,1-3H3,(H,15,16). The average Bonchev–Trinajstić information content (AvgIpc) is 2.65. The van der Waals surface area contributed by atoms with E-state index in [9.17, 15) is 4.79 Å². The highest BCUT2D eigenvalue weighted by atomic mass is 32.2. The predicted octanol–water partition coefficient (Wildman–Crippen LogP) is 2.87. The third-order valence-corrected chi connectivity index (χ3v) is 4.23. The third-order valence-electron chi connectivity index (χ3n) is 2.98. The van der Waals surface area contributed by atoms with E-state index in [2.05, 4.69) is 32.2 Å².